The molecule has 0 saturated heterocycles. The number of rotatable bonds is 3. The smallest absolute Gasteiger partial charge is 0.337 e. The molecule has 1 heterocycles. The molecule has 5 nitrogen and oxygen atoms in total. The maximum Gasteiger partial charge on any atom is 0.337 e. The fourth-order valence-electron chi connectivity index (χ4n) is 3.29. The minimum atomic E-state index is -0.942. The van der Waals surface area contributed by atoms with Crippen LogP contribution in [0.2, 0.25) is 0 Å². The van der Waals surface area contributed by atoms with Gasteiger partial charge in [-0.05, 0) is 36.3 Å². The predicted octanol–water partition coefficient (Wildman–Crippen LogP) is 3.23. The molecule has 1 aliphatic carbocycles. The number of carbonyl (C=O) groups is 2. The number of fused-ring (bicyclic) bond motifs is 1. The molecule has 1 amide bonds. The zero-order chi connectivity index (χ0) is 17.5. The number of benzene rings is 1. The van der Waals surface area contributed by atoms with E-state index in [1.165, 1.54) is 11.3 Å². The number of hydrogen-bond acceptors (Lipinski definition) is 4. The minimum Gasteiger partial charge on any atom is -0.478 e. The number of hydrogen-bond donors (Lipinski definition) is 3. The van der Waals surface area contributed by atoms with E-state index in [0.717, 1.165) is 29.7 Å². The fourth-order valence-corrected chi connectivity index (χ4v) is 4.64. The monoisotopic (exact) mass is 344 g/mol. The van der Waals surface area contributed by atoms with Gasteiger partial charge in [-0.15, -0.1) is 11.3 Å². The Bertz CT molecular complexity index is 824. The number of aryl methyl sites for hydroxylation is 1. The van der Waals surface area contributed by atoms with Crippen LogP contribution in [0.4, 0.5) is 0 Å². The molecule has 126 valence electrons. The van der Waals surface area contributed by atoms with Crippen LogP contribution in [0.3, 0.4) is 0 Å². The van der Waals surface area contributed by atoms with Gasteiger partial charge in [0, 0.05) is 16.0 Å². The summed E-state index contributed by atoms with van der Waals surface area (Å²) in [6.07, 6.45) is 2.65. The molecule has 0 bridgehead atoms. The van der Waals surface area contributed by atoms with Gasteiger partial charge >= 0.3 is 5.97 Å². The Morgan fingerprint density at radius 1 is 1.29 bits per heavy atom. The lowest BCUT2D eigenvalue weighted by Crippen LogP contribution is -2.30. The summed E-state index contributed by atoms with van der Waals surface area (Å²) in [5.74, 6) is 3.91. The second-order valence-electron chi connectivity index (χ2n) is 6.87. The van der Waals surface area contributed by atoms with E-state index in [4.69, 9.17) is 5.84 Å². The summed E-state index contributed by atoms with van der Waals surface area (Å²) in [4.78, 5) is 25.8. The second kappa shape index (κ2) is 6.03. The summed E-state index contributed by atoms with van der Waals surface area (Å²) >= 11 is 1.48. The molecule has 3 rings (SSSR count). The molecule has 6 heteroatoms. The third-order valence-electron chi connectivity index (χ3n) is 4.54. The molecule has 0 spiro atoms. The Labute approximate surface area is 144 Å². The van der Waals surface area contributed by atoms with Gasteiger partial charge in [0.05, 0.1) is 10.4 Å². The highest BCUT2D eigenvalue weighted by atomic mass is 32.1. The highest BCUT2D eigenvalue weighted by Crippen LogP contribution is 2.45. The van der Waals surface area contributed by atoms with Gasteiger partial charge in [-0.3, -0.25) is 10.2 Å². The van der Waals surface area contributed by atoms with Crippen LogP contribution in [0.5, 0.6) is 0 Å². The van der Waals surface area contributed by atoms with E-state index in [2.05, 4.69) is 19.3 Å². The minimum absolute atomic E-state index is 0.0870. The number of nitrogen functional groups attached to an aromatic ring is 1. The zero-order valence-electron chi connectivity index (χ0n) is 13.7. The molecule has 1 aromatic carbocycles. The van der Waals surface area contributed by atoms with E-state index in [1.807, 2.05) is 0 Å². The Morgan fingerprint density at radius 3 is 2.67 bits per heavy atom. The Morgan fingerprint density at radius 2 is 2.00 bits per heavy atom. The maximum atomic E-state index is 12.1. The van der Waals surface area contributed by atoms with Crippen LogP contribution in [0, 0.1) is 5.41 Å². The van der Waals surface area contributed by atoms with Crippen LogP contribution in [-0.4, -0.2) is 17.0 Å². The second-order valence-corrected chi connectivity index (χ2v) is 7.98. The zero-order valence-corrected chi connectivity index (χ0v) is 14.5. The molecule has 0 fully saturated rings. The number of carboxylic acids is 1. The molecule has 0 aliphatic heterocycles. The van der Waals surface area contributed by atoms with E-state index in [0.29, 0.717) is 21.6 Å². The predicted molar refractivity (Wildman–Crippen MR) is 94.2 cm³/mol. The van der Waals surface area contributed by atoms with Gasteiger partial charge < -0.3 is 5.11 Å². The van der Waals surface area contributed by atoms with E-state index in [1.54, 1.807) is 24.3 Å². The summed E-state index contributed by atoms with van der Waals surface area (Å²) in [5.41, 5.74) is 4.48. The van der Waals surface area contributed by atoms with Crippen molar-refractivity contribution in [3.63, 3.8) is 0 Å². The first-order chi connectivity index (χ1) is 11.3. The standard InChI is InChI=1S/C18H20N2O3S/c1-18(2)8-7-13-12(9-18)14(17(22)23)15(24-13)10-5-3-4-6-11(10)16(21)20-19/h3-6H,7-9,19H2,1-2H3,(H,20,21)(H,22,23). The lowest BCUT2D eigenvalue weighted by atomic mass is 9.76. The largest absolute Gasteiger partial charge is 0.478 e. The molecule has 0 radical (unpaired) electrons. The molecule has 1 aliphatic rings. The van der Waals surface area contributed by atoms with E-state index >= 15 is 0 Å². The average Bonchev–Trinajstić information content (AvgIpc) is 2.91. The lowest BCUT2D eigenvalue weighted by Gasteiger charge is -2.29. The maximum absolute atomic E-state index is 12.1. The summed E-state index contributed by atoms with van der Waals surface area (Å²) in [7, 11) is 0. The molecule has 24 heavy (non-hydrogen) atoms. The third kappa shape index (κ3) is 2.83. The van der Waals surface area contributed by atoms with E-state index < -0.39 is 11.9 Å². The molecule has 0 atom stereocenters. The van der Waals surface area contributed by atoms with Crippen molar-refractivity contribution in [1.29, 1.82) is 0 Å². The summed E-state index contributed by atoms with van der Waals surface area (Å²) in [6, 6.07) is 6.98. The van der Waals surface area contributed by atoms with Crippen molar-refractivity contribution in [2.75, 3.05) is 0 Å². The van der Waals surface area contributed by atoms with Gasteiger partial charge in [-0.25, -0.2) is 10.6 Å². The number of aromatic carboxylic acids is 1. The SMILES string of the molecule is CC1(C)CCc2sc(-c3ccccc3C(=O)NN)c(C(=O)O)c2C1. The van der Waals surface area contributed by atoms with Crippen LogP contribution in [0.25, 0.3) is 10.4 Å². The number of amides is 1. The average molecular weight is 344 g/mol. The first-order valence-corrected chi connectivity index (χ1v) is 8.64. The van der Waals surface area contributed by atoms with Gasteiger partial charge in [0.2, 0.25) is 0 Å². The number of nitrogens with two attached hydrogens (primary N) is 1. The summed E-state index contributed by atoms with van der Waals surface area (Å²) in [6.45, 7) is 4.32. The van der Waals surface area contributed by atoms with Gasteiger partial charge in [0.25, 0.3) is 5.91 Å². The fraction of sp³-hybridized carbons (Fsp3) is 0.333. The van der Waals surface area contributed by atoms with Crippen LogP contribution in [0.15, 0.2) is 24.3 Å². The summed E-state index contributed by atoms with van der Waals surface area (Å²) < 4.78 is 0. The van der Waals surface area contributed by atoms with Crippen LogP contribution in [-0.2, 0) is 12.8 Å². The molecule has 0 unspecified atom stereocenters. The van der Waals surface area contributed by atoms with Crippen molar-refractivity contribution < 1.29 is 14.7 Å². The number of hydrazine groups is 1. The van der Waals surface area contributed by atoms with Gasteiger partial charge in [-0.1, -0.05) is 32.0 Å². The lowest BCUT2D eigenvalue weighted by molar-refractivity contribution is 0.0695. The molecule has 2 aromatic rings. The normalized spacial score (nSPS) is 15.6. The topological polar surface area (TPSA) is 92.4 Å². The summed E-state index contributed by atoms with van der Waals surface area (Å²) in [5, 5.41) is 9.81. The van der Waals surface area contributed by atoms with Crippen molar-refractivity contribution in [3.05, 3.63) is 45.8 Å². The van der Waals surface area contributed by atoms with E-state index in [-0.39, 0.29) is 5.41 Å². The van der Waals surface area contributed by atoms with Crippen molar-refractivity contribution in [2.24, 2.45) is 11.3 Å². The molecular formula is C18H20N2O3S. The third-order valence-corrected chi connectivity index (χ3v) is 5.86. The van der Waals surface area contributed by atoms with Crippen LogP contribution >= 0.6 is 11.3 Å². The molecular weight excluding hydrogens is 324 g/mol. The number of nitrogens with one attached hydrogen (secondary N) is 1. The van der Waals surface area contributed by atoms with Gasteiger partial charge in [0.15, 0.2) is 0 Å². The quantitative estimate of drug-likeness (QED) is 0.453. The van der Waals surface area contributed by atoms with Crippen molar-refractivity contribution in [3.8, 4) is 10.4 Å². The molecule has 0 saturated carbocycles. The molecule has 1 aromatic heterocycles. The highest BCUT2D eigenvalue weighted by Gasteiger charge is 2.33. The Hall–Kier alpha value is -2.18. The highest BCUT2D eigenvalue weighted by molar-refractivity contribution is 7.16. The first kappa shape index (κ1) is 16.7. The van der Waals surface area contributed by atoms with E-state index in [9.17, 15) is 14.7 Å². The van der Waals surface area contributed by atoms with Crippen molar-refractivity contribution in [1.82, 2.24) is 5.43 Å². The Balaban J connectivity index is 2.22. The number of thiophene rings is 1. The van der Waals surface area contributed by atoms with Crippen molar-refractivity contribution >= 4 is 23.2 Å². The molecule has 4 N–H and O–H groups in total. The van der Waals surface area contributed by atoms with Crippen LogP contribution in [0.1, 0.15) is 51.4 Å². The number of carbonyl (C=O) groups excluding carboxylic acids is 1. The van der Waals surface area contributed by atoms with Crippen molar-refractivity contribution in [2.45, 2.75) is 33.1 Å². The number of carboxylic acid groups (broad SMARTS) is 1. The van der Waals surface area contributed by atoms with Gasteiger partial charge in [0.1, 0.15) is 0 Å². The van der Waals surface area contributed by atoms with Crippen LogP contribution < -0.4 is 11.3 Å². The first-order valence-electron chi connectivity index (χ1n) is 7.82. The Kier molecular flexibility index (Phi) is 4.19. The van der Waals surface area contributed by atoms with Gasteiger partial charge in [-0.2, -0.15) is 0 Å².